The lowest BCUT2D eigenvalue weighted by atomic mass is 10.1. The van der Waals surface area contributed by atoms with Gasteiger partial charge in [-0.05, 0) is 17.7 Å². The van der Waals surface area contributed by atoms with Crippen molar-refractivity contribution in [1.82, 2.24) is 19.3 Å². The summed E-state index contributed by atoms with van der Waals surface area (Å²) in [5.74, 6) is -0.0987. The number of aromatic nitrogens is 3. The van der Waals surface area contributed by atoms with Crippen LogP contribution in [0.4, 0.5) is 5.69 Å². The van der Waals surface area contributed by atoms with Gasteiger partial charge in [0.15, 0.2) is 0 Å². The second kappa shape index (κ2) is 8.71. The quantitative estimate of drug-likeness (QED) is 0.414. The molecule has 10 nitrogen and oxygen atoms in total. The Kier molecular flexibility index (Phi) is 5.82. The van der Waals surface area contributed by atoms with E-state index in [1.807, 2.05) is 30.3 Å². The lowest BCUT2D eigenvalue weighted by molar-refractivity contribution is -0.385. The second-order valence-corrected chi connectivity index (χ2v) is 9.12. The van der Waals surface area contributed by atoms with Crippen LogP contribution in [0.15, 0.2) is 71.4 Å². The summed E-state index contributed by atoms with van der Waals surface area (Å²) in [6.07, 6.45) is 3.16. The van der Waals surface area contributed by atoms with E-state index in [1.54, 1.807) is 10.9 Å². The number of nitro groups is 1. The number of carbonyl (C=O) groups is 1. The van der Waals surface area contributed by atoms with Gasteiger partial charge in [0.05, 0.1) is 22.6 Å². The fourth-order valence-corrected chi connectivity index (χ4v) is 4.96. The zero-order chi connectivity index (χ0) is 22.7. The van der Waals surface area contributed by atoms with Crippen LogP contribution in [0.1, 0.15) is 24.1 Å². The summed E-state index contributed by atoms with van der Waals surface area (Å²) in [4.78, 5) is 22.3. The van der Waals surface area contributed by atoms with Crippen molar-refractivity contribution in [2.24, 2.45) is 0 Å². The summed E-state index contributed by atoms with van der Waals surface area (Å²) in [6.45, 7) is 0.444. The van der Waals surface area contributed by atoms with Crippen LogP contribution >= 0.6 is 0 Å². The standard InChI is InChI=1S/C21H19N5O5S/c27-20-9-10-25(32(30,31)21-8-4-7-18(13-21)26(28)29)19(12-20)11-17-15-24(23-22-17)14-16-5-2-1-3-6-16/h1-8,11,13,15H,9-10,12,14H2. The molecule has 0 saturated carbocycles. The molecule has 1 aliphatic rings. The van der Waals surface area contributed by atoms with Crippen LogP contribution in [-0.4, -0.2) is 45.0 Å². The molecule has 0 N–H and O–H groups in total. The SMILES string of the molecule is O=C1CCN(S(=O)(=O)c2cccc([N+](=O)[O-])c2)C(=Cc2cn(Cc3ccccc3)nn2)C1. The van der Waals surface area contributed by atoms with Crippen LogP contribution in [0, 0.1) is 10.1 Å². The molecule has 1 fully saturated rings. The maximum absolute atomic E-state index is 13.2. The number of sulfonamides is 1. The Labute approximate surface area is 184 Å². The van der Waals surface area contributed by atoms with Gasteiger partial charge in [0.2, 0.25) is 0 Å². The van der Waals surface area contributed by atoms with Crippen LogP contribution in [0.25, 0.3) is 6.08 Å². The Morgan fingerprint density at radius 2 is 1.91 bits per heavy atom. The molecule has 0 unspecified atom stereocenters. The van der Waals surface area contributed by atoms with Crippen molar-refractivity contribution < 1.29 is 18.1 Å². The van der Waals surface area contributed by atoms with E-state index < -0.39 is 14.9 Å². The molecule has 11 heteroatoms. The van der Waals surface area contributed by atoms with E-state index in [1.165, 1.54) is 24.3 Å². The molecule has 32 heavy (non-hydrogen) atoms. The average Bonchev–Trinajstić information content (AvgIpc) is 3.21. The van der Waals surface area contributed by atoms with Gasteiger partial charge in [0, 0.05) is 37.2 Å². The predicted molar refractivity (Wildman–Crippen MR) is 115 cm³/mol. The minimum Gasteiger partial charge on any atom is -0.299 e. The highest BCUT2D eigenvalue weighted by Gasteiger charge is 2.32. The van der Waals surface area contributed by atoms with Gasteiger partial charge >= 0.3 is 0 Å². The van der Waals surface area contributed by atoms with Crippen molar-refractivity contribution in [3.8, 4) is 0 Å². The van der Waals surface area contributed by atoms with Crippen LogP contribution in [-0.2, 0) is 21.4 Å². The van der Waals surface area contributed by atoms with E-state index in [0.717, 1.165) is 15.9 Å². The van der Waals surface area contributed by atoms with Gasteiger partial charge in [0.1, 0.15) is 11.5 Å². The number of allylic oxidation sites excluding steroid dienone is 1. The van der Waals surface area contributed by atoms with Crippen LogP contribution in [0.3, 0.4) is 0 Å². The maximum Gasteiger partial charge on any atom is 0.270 e. The van der Waals surface area contributed by atoms with Crippen molar-refractivity contribution in [2.45, 2.75) is 24.3 Å². The number of rotatable bonds is 6. The third-order valence-corrected chi connectivity index (χ3v) is 6.81. The highest BCUT2D eigenvalue weighted by atomic mass is 32.2. The molecule has 2 aromatic carbocycles. The third kappa shape index (κ3) is 4.57. The predicted octanol–water partition coefficient (Wildman–Crippen LogP) is 2.63. The summed E-state index contributed by atoms with van der Waals surface area (Å²) < 4.78 is 29.2. The molecule has 164 valence electrons. The normalized spacial score (nSPS) is 15.8. The number of hydrogen-bond acceptors (Lipinski definition) is 7. The third-order valence-electron chi connectivity index (χ3n) is 4.97. The van der Waals surface area contributed by atoms with Crippen LogP contribution < -0.4 is 0 Å². The molecule has 0 atom stereocenters. The summed E-state index contributed by atoms with van der Waals surface area (Å²) in [6, 6.07) is 14.5. The number of carbonyl (C=O) groups excluding carboxylic acids is 1. The molecule has 2 heterocycles. The first-order valence-corrected chi connectivity index (χ1v) is 11.2. The van der Waals surface area contributed by atoms with Gasteiger partial charge < -0.3 is 0 Å². The first-order chi connectivity index (χ1) is 15.3. The Hall–Kier alpha value is -3.86. The Morgan fingerprint density at radius 3 is 2.66 bits per heavy atom. The zero-order valence-electron chi connectivity index (χ0n) is 16.9. The number of nitro benzene ring substituents is 1. The number of nitrogens with zero attached hydrogens (tertiary/aromatic N) is 5. The minimum atomic E-state index is -4.10. The molecular formula is C21H19N5O5S. The largest absolute Gasteiger partial charge is 0.299 e. The van der Waals surface area contributed by atoms with E-state index in [9.17, 15) is 23.3 Å². The molecule has 1 aliphatic heterocycles. The molecule has 3 aromatic rings. The van der Waals surface area contributed by atoms with E-state index in [4.69, 9.17) is 0 Å². The smallest absolute Gasteiger partial charge is 0.270 e. The number of piperidine rings is 1. The lowest BCUT2D eigenvalue weighted by Crippen LogP contribution is -2.37. The van der Waals surface area contributed by atoms with Crippen LogP contribution in [0.5, 0.6) is 0 Å². The molecular weight excluding hydrogens is 434 g/mol. The number of hydrogen-bond donors (Lipinski definition) is 0. The molecule has 0 aliphatic carbocycles. The Balaban J connectivity index is 1.64. The van der Waals surface area contributed by atoms with Gasteiger partial charge in [-0.3, -0.25) is 19.2 Å². The number of non-ortho nitro benzene ring substituents is 1. The molecule has 0 amide bonds. The first-order valence-electron chi connectivity index (χ1n) is 9.76. The highest BCUT2D eigenvalue weighted by Crippen LogP contribution is 2.29. The van der Waals surface area contributed by atoms with Crippen molar-refractivity contribution in [2.75, 3.05) is 6.54 Å². The van der Waals surface area contributed by atoms with Crippen molar-refractivity contribution in [3.63, 3.8) is 0 Å². The highest BCUT2D eigenvalue weighted by molar-refractivity contribution is 7.89. The number of benzene rings is 2. The van der Waals surface area contributed by atoms with Crippen molar-refractivity contribution >= 4 is 27.6 Å². The monoisotopic (exact) mass is 453 g/mol. The van der Waals surface area contributed by atoms with Gasteiger partial charge in [-0.1, -0.05) is 41.6 Å². The first kappa shape index (κ1) is 21.4. The van der Waals surface area contributed by atoms with Gasteiger partial charge in [-0.25, -0.2) is 13.1 Å². The average molecular weight is 453 g/mol. The van der Waals surface area contributed by atoms with Gasteiger partial charge in [-0.2, -0.15) is 0 Å². The fraction of sp³-hybridized carbons (Fsp3) is 0.190. The zero-order valence-corrected chi connectivity index (χ0v) is 17.7. The number of Topliss-reactive ketones (excluding diaryl/α,β-unsaturated/α-hetero) is 1. The Bertz CT molecular complexity index is 1300. The summed E-state index contributed by atoms with van der Waals surface area (Å²) in [5.41, 5.74) is 1.36. The Morgan fingerprint density at radius 1 is 1.12 bits per heavy atom. The maximum atomic E-state index is 13.2. The lowest BCUT2D eigenvalue weighted by Gasteiger charge is -2.30. The van der Waals surface area contributed by atoms with E-state index >= 15 is 0 Å². The summed E-state index contributed by atoms with van der Waals surface area (Å²) >= 11 is 0. The summed E-state index contributed by atoms with van der Waals surface area (Å²) in [5, 5.41) is 19.2. The molecule has 0 radical (unpaired) electrons. The molecule has 0 bridgehead atoms. The molecule has 1 saturated heterocycles. The minimum absolute atomic E-state index is 0.0478. The topological polar surface area (TPSA) is 128 Å². The molecule has 4 rings (SSSR count). The van der Waals surface area contributed by atoms with Crippen molar-refractivity contribution in [1.29, 1.82) is 0 Å². The van der Waals surface area contributed by atoms with E-state index in [2.05, 4.69) is 10.3 Å². The van der Waals surface area contributed by atoms with Crippen LogP contribution in [0.2, 0.25) is 0 Å². The number of ketones is 1. The molecule has 1 aromatic heterocycles. The fourth-order valence-electron chi connectivity index (χ4n) is 3.43. The second-order valence-electron chi connectivity index (χ2n) is 7.26. The van der Waals surface area contributed by atoms with Gasteiger partial charge in [-0.15, -0.1) is 5.10 Å². The van der Waals surface area contributed by atoms with Gasteiger partial charge in [0.25, 0.3) is 15.7 Å². The summed E-state index contributed by atoms with van der Waals surface area (Å²) in [7, 11) is -4.10. The van der Waals surface area contributed by atoms with E-state index in [0.29, 0.717) is 12.2 Å². The molecule has 0 spiro atoms. The van der Waals surface area contributed by atoms with E-state index in [-0.39, 0.29) is 41.4 Å². The van der Waals surface area contributed by atoms with Crippen molar-refractivity contribution in [3.05, 3.63) is 87.9 Å².